The van der Waals surface area contributed by atoms with E-state index in [4.69, 9.17) is 15.8 Å². The van der Waals surface area contributed by atoms with Crippen LogP contribution in [0, 0.1) is 0 Å². The number of amides is 1. The van der Waals surface area contributed by atoms with Crippen LogP contribution in [-0.4, -0.2) is 26.6 Å². The number of nitrogens with two attached hydrogens (primary N) is 1. The van der Waals surface area contributed by atoms with Crippen LogP contribution in [0.1, 0.15) is 55.4 Å². The molecule has 0 radical (unpaired) electrons. The molecule has 7 nitrogen and oxygen atoms in total. The Morgan fingerprint density at radius 2 is 1.79 bits per heavy atom. The van der Waals surface area contributed by atoms with E-state index in [1.807, 2.05) is 50.2 Å². The van der Waals surface area contributed by atoms with Crippen molar-refractivity contribution in [2.45, 2.75) is 53.0 Å². The van der Waals surface area contributed by atoms with E-state index in [0.717, 1.165) is 53.0 Å². The van der Waals surface area contributed by atoms with Gasteiger partial charge in [0.1, 0.15) is 11.7 Å². The minimum absolute atomic E-state index is 0.0416. The van der Waals surface area contributed by atoms with Crippen LogP contribution in [0.4, 0.5) is 4.79 Å². The summed E-state index contributed by atoms with van der Waals surface area (Å²) in [4.78, 5) is 32.4. The number of aromatic nitrogens is 2. The summed E-state index contributed by atoms with van der Waals surface area (Å²) < 4.78 is 1.77. The zero-order chi connectivity index (χ0) is 24.0. The summed E-state index contributed by atoms with van der Waals surface area (Å²) in [6, 6.07) is 15.1. The molecule has 3 aromatic rings. The fraction of sp³-hybridized carbons (Fsp3) is 0.308. The van der Waals surface area contributed by atoms with E-state index in [-0.39, 0.29) is 11.4 Å². The van der Waals surface area contributed by atoms with Crippen molar-refractivity contribution in [2.75, 3.05) is 0 Å². The number of hydrogen-bond donors (Lipinski definition) is 2. The number of aryl methyl sites for hydroxylation is 2. The van der Waals surface area contributed by atoms with Gasteiger partial charge < -0.3 is 10.8 Å². The SMILES string of the molecule is CCCc1nc(CC)n(CC)c(=O)c1Cc1ccc(-c2ccccc2/C(N)=N/C(=O)O)cc1. The van der Waals surface area contributed by atoms with Crippen molar-refractivity contribution in [2.24, 2.45) is 10.7 Å². The summed E-state index contributed by atoms with van der Waals surface area (Å²) >= 11 is 0. The fourth-order valence-corrected chi connectivity index (χ4v) is 4.03. The molecule has 0 aliphatic carbocycles. The number of rotatable bonds is 8. The van der Waals surface area contributed by atoms with Crippen LogP contribution in [-0.2, 0) is 25.8 Å². The van der Waals surface area contributed by atoms with Crippen molar-refractivity contribution in [1.29, 1.82) is 0 Å². The number of hydrogen-bond acceptors (Lipinski definition) is 3. The largest absolute Gasteiger partial charge is 0.463 e. The molecule has 3 rings (SSSR count). The van der Waals surface area contributed by atoms with Crippen LogP contribution in [0.25, 0.3) is 11.1 Å². The van der Waals surface area contributed by atoms with E-state index in [1.165, 1.54) is 0 Å². The van der Waals surface area contributed by atoms with Crippen molar-refractivity contribution in [3.8, 4) is 11.1 Å². The van der Waals surface area contributed by atoms with Crippen molar-refractivity contribution in [3.63, 3.8) is 0 Å². The molecule has 2 aromatic carbocycles. The van der Waals surface area contributed by atoms with Crippen LogP contribution in [0.3, 0.4) is 0 Å². The summed E-state index contributed by atoms with van der Waals surface area (Å²) in [5.41, 5.74) is 10.8. The Balaban J connectivity index is 1.98. The predicted molar refractivity (Wildman–Crippen MR) is 131 cm³/mol. The van der Waals surface area contributed by atoms with Gasteiger partial charge in [-0.15, -0.1) is 0 Å². The van der Waals surface area contributed by atoms with Crippen LogP contribution >= 0.6 is 0 Å². The average molecular weight is 447 g/mol. The van der Waals surface area contributed by atoms with Gasteiger partial charge >= 0.3 is 6.09 Å². The van der Waals surface area contributed by atoms with E-state index >= 15 is 0 Å². The molecule has 0 fully saturated rings. The summed E-state index contributed by atoms with van der Waals surface area (Å²) in [5, 5.41) is 8.94. The first-order valence-electron chi connectivity index (χ1n) is 11.3. The molecule has 0 aliphatic rings. The number of carbonyl (C=O) groups is 1. The van der Waals surface area contributed by atoms with Gasteiger partial charge in [-0.25, -0.2) is 9.78 Å². The molecule has 7 heteroatoms. The lowest BCUT2D eigenvalue weighted by molar-refractivity contribution is 0.205. The van der Waals surface area contributed by atoms with Crippen LogP contribution in [0.15, 0.2) is 58.3 Å². The third kappa shape index (κ3) is 5.37. The zero-order valence-electron chi connectivity index (χ0n) is 19.3. The van der Waals surface area contributed by atoms with Gasteiger partial charge in [0.15, 0.2) is 0 Å². The Labute approximate surface area is 193 Å². The lowest BCUT2D eigenvalue weighted by Gasteiger charge is -2.15. The van der Waals surface area contributed by atoms with Gasteiger partial charge in [0.25, 0.3) is 5.56 Å². The number of carboxylic acid groups (broad SMARTS) is 1. The molecule has 0 atom stereocenters. The monoisotopic (exact) mass is 446 g/mol. The third-order valence-electron chi connectivity index (χ3n) is 5.61. The second-order valence-corrected chi connectivity index (χ2v) is 7.81. The van der Waals surface area contributed by atoms with Crippen molar-refractivity contribution >= 4 is 11.9 Å². The van der Waals surface area contributed by atoms with E-state index in [0.29, 0.717) is 18.5 Å². The molecule has 1 aromatic heterocycles. The number of aliphatic imine (C=N–C) groups is 1. The van der Waals surface area contributed by atoms with Crippen molar-refractivity contribution in [3.05, 3.63) is 87.1 Å². The first kappa shape index (κ1) is 23.9. The van der Waals surface area contributed by atoms with E-state index in [1.54, 1.807) is 16.7 Å². The number of amidine groups is 1. The Kier molecular flexibility index (Phi) is 7.77. The summed E-state index contributed by atoms with van der Waals surface area (Å²) in [5.74, 6) is 0.788. The lowest BCUT2D eigenvalue weighted by Crippen LogP contribution is -2.29. The Morgan fingerprint density at radius 1 is 1.09 bits per heavy atom. The highest BCUT2D eigenvalue weighted by atomic mass is 16.4. The van der Waals surface area contributed by atoms with Crippen LogP contribution in [0.2, 0.25) is 0 Å². The van der Waals surface area contributed by atoms with Gasteiger partial charge in [0.2, 0.25) is 0 Å². The normalized spacial score (nSPS) is 11.5. The summed E-state index contributed by atoms with van der Waals surface area (Å²) in [6.07, 6.45) is 1.60. The van der Waals surface area contributed by atoms with Gasteiger partial charge in [0, 0.05) is 30.5 Å². The minimum Gasteiger partial charge on any atom is -0.463 e. The second-order valence-electron chi connectivity index (χ2n) is 7.81. The highest BCUT2D eigenvalue weighted by Gasteiger charge is 2.16. The van der Waals surface area contributed by atoms with Crippen molar-refractivity contribution < 1.29 is 9.90 Å². The molecular formula is C26H30N4O3. The summed E-state index contributed by atoms with van der Waals surface area (Å²) in [7, 11) is 0. The molecule has 0 aliphatic heterocycles. The highest BCUT2D eigenvalue weighted by molar-refractivity contribution is 6.07. The molecule has 33 heavy (non-hydrogen) atoms. The number of benzene rings is 2. The summed E-state index contributed by atoms with van der Waals surface area (Å²) in [6.45, 7) is 6.68. The van der Waals surface area contributed by atoms with Gasteiger partial charge in [-0.3, -0.25) is 9.36 Å². The molecule has 1 amide bonds. The maximum Gasteiger partial charge on any atom is 0.433 e. The molecule has 172 valence electrons. The van der Waals surface area contributed by atoms with Crippen LogP contribution in [0.5, 0.6) is 0 Å². The van der Waals surface area contributed by atoms with Crippen LogP contribution < -0.4 is 11.3 Å². The molecule has 1 heterocycles. The highest BCUT2D eigenvalue weighted by Crippen LogP contribution is 2.25. The smallest absolute Gasteiger partial charge is 0.433 e. The van der Waals surface area contributed by atoms with Gasteiger partial charge in [-0.05, 0) is 30.0 Å². The fourth-order valence-electron chi connectivity index (χ4n) is 4.03. The van der Waals surface area contributed by atoms with Gasteiger partial charge in [-0.2, -0.15) is 4.99 Å². The maximum atomic E-state index is 13.2. The zero-order valence-corrected chi connectivity index (χ0v) is 19.3. The van der Waals surface area contributed by atoms with Gasteiger partial charge in [0.05, 0.1) is 5.69 Å². The van der Waals surface area contributed by atoms with Crippen molar-refractivity contribution in [1.82, 2.24) is 9.55 Å². The standard InChI is InChI=1S/C26H30N4O3/c1-4-9-22-21(25(31)30(6-3)23(5-2)28-22)16-17-12-14-18(15-13-17)19-10-7-8-11-20(19)24(27)29-26(32)33/h7-8,10-15H,4-6,9,16H2,1-3H3,(H2,27,29)(H,32,33). The average Bonchev–Trinajstić information content (AvgIpc) is 2.81. The third-order valence-corrected chi connectivity index (χ3v) is 5.61. The van der Waals surface area contributed by atoms with E-state index in [9.17, 15) is 9.59 Å². The Bertz CT molecular complexity index is 1230. The minimum atomic E-state index is -1.33. The molecular weight excluding hydrogens is 416 g/mol. The maximum absolute atomic E-state index is 13.2. The first-order chi connectivity index (χ1) is 15.9. The van der Waals surface area contributed by atoms with Gasteiger partial charge in [-0.1, -0.05) is 68.8 Å². The molecule has 0 saturated heterocycles. The quantitative estimate of drug-likeness (QED) is 0.393. The molecule has 0 unspecified atom stereocenters. The molecule has 0 spiro atoms. The Morgan fingerprint density at radius 3 is 2.39 bits per heavy atom. The predicted octanol–water partition coefficient (Wildman–Crippen LogP) is 4.42. The Hall–Kier alpha value is -3.74. The second kappa shape index (κ2) is 10.7. The number of nitrogens with zero attached hydrogens (tertiary/aromatic N) is 3. The lowest BCUT2D eigenvalue weighted by atomic mass is 9.96. The molecule has 3 N–H and O–H groups in total. The molecule has 0 saturated carbocycles. The topological polar surface area (TPSA) is 111 Å². The van der Waals surface area contributed by atoms with E-state index in [2.05, 4.69) is 11.9 Å². The van der Waals surface area contributed by atoms with E-state index < -0.39 is 6.09 Å². The molecule has 0 bridgehead atoms. The first-order valence-corrected chi connectivity index (χ1v) is 11.3.